The second-order valence-electron chi connectivity index (χ2n) is 4.91. The zero-order chi connectivity index (χ0) is 11.5. The maximum Gasteiger partial charge on any atom is 0.0841 e. The molecule has 0 heterocycles. The van der Waals surface area contributed by atoms with Gasteiger partial charge < -0.3 is 10.4 Å². The average molecular weight is 207 g/mol. The molecule has 84 valence electrons. The first-order valence-electron chi connectivity index (χ1n) is 5.46. The lowest BCUT2D eigenvalue weighted by Crippen LogP contribution is -2.16. The lowest BCUT2D eigenvalue weighted by atomic mass is 9.98. The van der Waals surface area contributed by atoms with Crippen molar-refractivity contribution in [2.24, 2.45) is 5.92 Å². The van der Waals surface area contributed by atoms with Crippen LogP contribution in [0.25, 0.3) is 0 Å². The Morgan fingerprint density at radius 1 is 1.33 bits per heavy atom. The van der Waals surface area contributed by atoms with Crippen LogP contribution in [0.2, 0.25) is 0 Å². The van der Waals surface area contributed by atoms with E-state index in [2.05, 4.69) is 19.2 Å². The van der Waals surface area contributed by atoms with Gasteiger partial charge in [-0.2, -0.15) is 0 Å². The summed E-state index contributed by atoms with van der Waals surface area (Å²) in [5.41, 5.74) is 1.25. The molecule has 1 rings (SSSR count). The first-order valence-corrected chi connectivity index (χ1v) is 5.46. The van der Waals surface area contributed by atoms with E-state index in [-0.39, 0.29) is 0 Å². The first-order chi connectivity index (χ1) is 6.89. The van der Waals surface area contributed by atoms with Crippen molar-refractivity contribution < 1.29 is 5.11 Å². The molecule has 0 aliphatic rings. The first kappa shape index (κ1) is 12.1. The molecular weight excluding hydrogens is 186 g/mol. The van der Waals surface area contributed by atoms with Gasteiger partial charge in [-0.1, -0.05) is 26.0 Å². The monoisotopic (exact) mass is 207 g/mol. The molecule has 1 aromatic rings. The number of aliphatic hydroxyl groups is 1. The highest BCUT2D eigenvalue weighted by molar-refractivity contribution is 5.46. The summed E-state index contributed by atoms with van der Waals surface area (Å²) >= 11 is 0. The predicted octanol–water partition coefficient (Wildman–Crippen LogP) is 2.98. The second-order valence-corrected chi connectivity index (χ2v) is 4.91. The summed E-state index contributed by atoms with van der Waals surface area (Å²) < 4.78 is 0. The van der Waals surface area contributed by atoms with Crippen LogP contribution in [-0.4, -0.2) is 11.7 Å². The van der Waals surface area contributed by atoms with Crippen molar-refractivity contribution in [1.29, 1.82) is 0 Å². The third-order valence-electron chi connectivity index (χ3n) is 2.28. The van der Waals surface area contributed by atoms with Crippen molar-refractivity contribution in [3.8, 4) is 0 Å². The van der Waals surface area contributed by atoms with Crippen LogP contribution in [0.4, 0.5) is 5.69 Å². The van der Waals surface area contributed by atoms with Crippen LogP contribution in [0.3, 0.4) is 0 Å². The summed E-state index contributed by atoms with van der Waals surface area (Å²) in [6.07, 6.45) is 0. The normalized spacial score (nSPS) is 11.9. The van der Waals surface area contributed by atoms with E-state index in [0.29, 0.717) is 5.92 Å². The van der Waals surface area contributed by atoms with Crippen LogP contribution in [-0.2, 0) is 5.60 Å². The molecule has 2 heteroatoms. The number of hydrogen-bond donors (Lipinski definition) is 2. The maximum atomic E-state index is 9.86. The molecule has 0 aliphatic heterocycles. The summed E-state index contributed by atoms with van der Waals surface area (Å²) in [4.78, 5) is 0. The largest absolute Gasteiger partial charge is 0.386 e. The van der Waals surface area contributed by atoms with E-state index in [1.807, 2.05) is 24.3 Å². The van der Waals surface area contributed by atoms with Gasteiger partial charge in [-0.25, -0.2) is 0 Å². The van der Waals surface area contributed by atoms with Crippen LogP contribution in [0, 0.1) is 5.92 Å². The Hall–Kier alpha value is -1.02. The van der Waals surface area contributed by atoms with Gasteiger partial charge in [0.1, 0.15) is 0 Å². The fourth-order valence-electron chi connectivity index (χ4n) is 1.33. The van der Waals surface area contributed by atoms with Gasteiger partial charge in [0.05, 0.1) is 5.60 Å². The topological polar surface area (TPSA) is 32.3 Å². The van der Waals surface area contributed by atoms with Crippen molar-refractivity contribution >= 4 is 5.69 Å². The molecule has 1 aromatic carbocycles. The van der Waals surface area contributed by atoms with E-state index in [0.717, 1.165) is 17.8 Å². The van der Waals surface area contributed by atoms with Gasteiger partial charge in [-0.15, -0.1) is 0 Å². The SMILES string of the molecule is CC(C)CNc1cccc(C(C)(C)O)c1. The predicted molar refractivity (Wildman–Crippen MR) is 65.0 cm³/mol. The number of benzene rings is 1. The summed E-state index contributed by atoms with van der Waals surface area (Å²) in [5.74, 6) is 0.621. The highest BCUT2D eigenvalue weighted by Gasteiger charge is 2.15. The summed E-state index contributed by atoms with van der Waals surface area (Å²) in [6, 6.07) is 7.94. The van der Waals surface area contributed by atoms with Gasteiger partial charge in [0, 0.05) is 12.2 Å². The van der Waals surface area contributed by atoms with Gasteiger partial charge >= 0.3 is 0 Å². The average Bonchev–Trinajstić information content (AvgIpc) is 2.14. The molecule has 0 fully saturated rings. The van der Waals surface area contributed by atoms with E-state index in [1.54, 1.807) is 13.8 Å². The maximum absolute atomic E-state index is 9.86. The molecule has 0 amide bonds. The lowest BCUT2D eigenvalue weighted by molar-refractivity contribution is 0.0786. The summed E-state index contributed by atoms with van der Waals surface area (Å²) in [5, 5.41) is 13.2. The molecule has 0 radical (unpaired) electrons. The Balaban J connectivity index is 2.75. The fourth-order valence-corrected chi connectivity index (χ4v) is 1.33. The standard InChI is InChI=1S/C13H21NO/c1-10(2)9-14-12-7-5-6-11(8-12)13(3,4)15/h5-8,10,14-15H,9H2,1-4H3. The molecule has 2 N–H and O–H groups in total. The minimum Gasteiger partial charge on any atom is -0.386 e. The molecule has 0 saturated carbocycles. The van der Waals surface area contributed by atoms with E-state index in [1.165, 1.54) is 0 Å². The number of hydrogen-bond acceptors (Lipinski definition) is 2. The zero-order valence-electron chi connectivity index (χ0n) is 10.0. The zero-order valence-corrected chi connectivity index (χ0v) is 10.0. The molecule has 0 atom stereocenters. The van der Waals surface area contributed by atoms with Gasteiger partial charge in [-0.05, 0) is 37.5 Å². The molecule has 0 unspecified atom stereocenters. The Bertz CT molecular complexity index is 313. The molecular formula is C13H21NO. The number of anilines is 1. The van der Waals surface area contributed by atoms with Crippen molar-refractivity contribution in [3.63, 3.8) is 0 Å². The van der Waals surface area contributed by atoms with Crippen LogP contribution in [0.15, 0.2) is 24.3 Å². The van der Waals surface area contributed by atoms with Crippen molar-refractivity contribution in [2.45, 2.75) is 33.3 Å². The van der Waals surface area contributed by atoms with Crippen molar-refractivity contribution in [1.82, 2.24) is 0 Å². The smallest absolute Gasteiger partial charge is 0.0841 e. The van der Waals surface area contributed by atoms with E-state index >= 15 is 0 Å². The van der Waals surface area contributed by atoms with Crippen molar-refractivity contribution in [2.75, 3.05) is 11.9 Å². The molecule has 0 aromatic heterocycles. The van der Waals surface area contributed by atoms with E-state index in [9.17, 15) is 5.11 Å². The molecule has 2 nitrogen and oxygen atoms in total. The van der Waals surface area contributed by atoms with Crippen LogP contribution >= 0.6 is 0 Å². The second kappa shape index (κ2) is 4.67. The van der Waals surface area contributed by atoms with Crippen LogP contribution in [0.5, 0.6) is 0 Å². The number of rotatable bonds is 4. The fraction of sp³-hybridized carbons (Fsp3) is 0.538. The highest BCUT2D eigenvalue weighted by Crippen LogP contribution is 2.22. The van der Waals surface area contributed by atoms with Gasteiger partial charge in [0.15, 0.2) is 0 Å². The summed E-state index contributed by atoms with van der Waals surface area (Å²) in [7, 11) is 0. The van der Waals surface area contributed by atoms with Gasteiger partial charge in [0.2, 0.25) is 0 Å². The van der Waals surface area contributed by atoms with E-state index < -0.39 is 5.60 Å². The quantitative estimate of drug-likeness (QED) is 0.795. The summed E-state index contributed by atoms with van der Waals surface area (Å²) in [6.45, 7) is 8.90. The Labute approximate surface area is 92.3 Å². The third-order valence-corrected chi connectivity index (χ3v) is 2.28. The van der Waals surface area contributed by atoms with Gasteiger partial charge in [0.25, 0.3) is 0 Å². The van der Waals surface area contributed by atoms with Crippen molar-refractivity contribution in [3.05, 3.63) is 29.8 Å². The molecule has 15 heavy (non-hydrogen) atoms. The minimum absolute atomic E-state index is 0.621. The van der Waals surface area contributed by atoms with Gasteiger partial charge in [-0.3, -0.25) is 0 Å². The highest BCUT2D eigenvalue weighted by atomic mass is 16.3. The lowest BCUT2D eigenvalue weighted by Gasteiger charge is -2.19. The Morgan fingerprint density at radius 2 is 2.00 bits per heavy atom. The molecule has 0 spiro atoms. The Morgan fingerprint density at radius 3 is 2.53 bits per heavy atom. The molecule has 0 aliphatic carbocycles. The van der Waals surface area contributed by atoms with Crippen LogP contribution in [0.1, 0.15) is 33.3 Å². The molecule has 0 bridgehead atoms. The third kappa shape index (κ3) is 3.92. The Kier molecular flexibility index (Phi) is 3.75. The van der Waals surface area contributed by atoms with E-state index in [4.69, 9.17) is 0 Å². The molecule has 0 saturated heterocycles. The number of nitrogens with one attached hydrogen (secondary N) is 1. The minimum atomic E-state index is -0.768. The van der Waals surface area contributed by atoms with Crippen LogP contribution < -0.4 is 5.32 Å².